The third kappa shape index (κ3) is 3.64. The first kappa shape index (κ1) is 14.6. The van der Waals surface area contributed by atoms with E-state index in [1.807, 2.05) is 37.4 Å². The van der Waals surface area contributed by atoms with Crippen molar-refractivity contribution in [1.82, 2.24) is 9.97 Å². The summed E-state index contributed by atoms with van der Waals surface area (Å²) in [4.78, 5) is 11.1. The minimum atomic E-state index is 0.280. The molecule has 1 aliphatic rings. The van der Waals surface area contributed by atoms with Crippen LogP contribution < -0.4 is 9.64 Å². The highest BCUT2D eigenvalue weighted by molar-refractivity contribution is 14.1. The monoisotopic (exact) mass is 395 g/mol. The molecule has 0 N–H and O–H groups in total. The van der Waals surface area contributed by atoms with Crippen LogP contribution >= 0.6 is 22.6 Å². The molecular weight excluding hydrogens is 377 g/mol. The average molecular weight is 395 g/mol. The fourth-order valence-electron chi connectivity index (χ4n) is 2.48. The molecule has 0 saturated carbocycles. The number of anilines is 1. The normalized spacial score (nSPS) is 16.0. The van der Waals surface area contributed by atoms with Crippen molar-refractivity contribution in [2.75, 3.05) is 18.0 Å². The van der Waals surface area contributed by atoms with Crippen LogP contribution in [0.3, 0.4) is 0 Å². The second-order valence-corrected chi connectivity index (χ2v) is 6.39. The Morgan fingerprint density at radius 1 is 1.19 bits per heavy atom. The van der Waals surface area contributed by atoms with Gasteiger partial charge in [-0.1, -0.05) is 12.1 Å². The Balaban J connectivity index is 1.59. The Morgan fingerprint density at radius 2 is 1.95 bits per heavy atom. The molecule has 0 radical (unpaired) electrons. The lowest BCUT2D eigenvalue weighted by atomic mass is 10.1. The van der Waals surface area contributed by atoms with Crippen LogP contribution in [0, 0.1) is 10.5 Å². The van der Waals surface area contributed by atoms with Crippen molar-refractivity contribution in [3.05, 3.63) is 45.8 Å². The Kier molecular flexibility index (Phi) is 4.57. The van der Waals surface area contributed by atoms with Gasteiger partial charge in [-0.2, -0.15) is 0 Å². The summed E-state index contributed by atoms with van der Waals surface area (Å²) < 4.78 is 7.29. The summed E-state index contributed by atoms with van der Waals surface area (Å²) in [5.41, 5.74) is 1.01. The fourth-order valence-corrected chi connectivity index (χ4v) is 3.00. The van der Waals surface area contributed by atoms with Crippen LogP contribution in [-0.4, -0.2) is 29.2 Å². The summed E-state index contributed by atoms with van der Waals surface area (Å²) in [5, 5.41) is 0. The zero-order valence-corrected chi connectivity index (χ0v) is 14.2. The number of halogens is 1. The summed E-state index contributed by atoms with van der Waals surface area (Å²) in [6.07, 6.45) is 4.11. The van der Waals surface area contributed by atoms with Crippen LogP contribution in [0.4, 0.5) is 5.95 Å². The molecule has 0 unspecified atom stereocenters. The second-order valence-electron chi connectivity index (χ2n) is 5.23. The number of aryl methyl sites for hydroxylation is 1. The van der Waals surface area contributed by atoms with Gasteiger partial charge >= 0.3 is 0 Å². The first-order valence-corrected chi connectivity index (χ1v) is 8.26. The van der Waals surface area contributed by atoms with E-state index in [1.165, 1.54) is 3.57 Å². The van der Waals surface area contributed by atoms with Gasteiger partial charge in [-0.05, 0) is 47.7 Å². The van der Waals surface area contributed by atoms with Crippen molar-refractivity contribution in [1.29, 1.82) is 0 Å². The van der Waals surface area contributed by atoms with E-state index in [4.69, 9.17) is 4.74 Å². The number of benzene rings is 1. The lowest BCUT2D eigenvalue weighted by Crippen LogP contribution is -2.39. The van der Waals surface area contributed by atoms with Gasteiger partial charge in [0.05, 0.1) is 3.57 Å². The number of rotatable bonds is 3. The van der Waals surface area contributed by atoms with E-state index < -0.39 is 0 Å². The lowest BCUT2D eigenvalue weighted by Gasteiger charge is -2.32. The Morgan fingerprint density at radius 3 is 2.67 bits per heavy atom. The predicted molar refractivity (Wildman–Crippen MR) is 91.8 cm³/mol. The summed E-state index contributed by atoms with van der Waals surface area (Å²) >= 11 is 2.32. The van der Waals surface area contributed by atoms with Gasteiger partial charge in [0, 0.05) is 37.8 Å². The van der Waals surface area contributed by atoms with E-state index in [2.05, 4.69) is 43.5 Å². The number of piperidine rings is 1. The van der Waals surface area contributed by atoms with E-state index in [0.717, 1.165) is 43.3 Å². The summed E-state index contributed by atoms with van der Waals surface area (Å²) in [5.74, 6) is 1.83. The van der Waals surface area contributed by atoms with Gasteiger partial charge < -0.3 is 9.64 Å². The van der Waals surface area contributed by atoms with E-state index in [-0.39, 0.29) is 6.10 Å². The summed E-state index contributed by atoms with van der Waals surface area (Å²) in [7, 11) is 0. The van der Waals surface area contributed by atoms with Crippen LogP contribution in [0.25, 0.3) is 0 Å². The molecule has 2 aromatic rings. The number of para-hydroxylation sites is 1. The third-order valence-electron chi connectivity index (χ3n) is 3.64. The fraction of sp³-hybridized carbons (Fsp3) is 0.375. The summed E-state index contributed by atoms with van der Waals surface area (Å²) in [6.45, 7) is 3.88. The van der Waals surface area contributed by atoms with Gasteiger partial charge in [0.2, 0.25) is 5.95 Å². The largest absolute Gasteiger partial charge is 0.489 e. The first-order valence-electron chi connectivity index (χ1n) is 7.18. The lowest BCUT2D eigenvalue weighted by molar-refractivity contribution is 0.169. The maximum Gasteiger partial charge on any atom is 0.225 e. The highest BCUT2D eigenvalue weighted by atomic mass is 127. The second kappa shape index (κ2) is 6.60. The van der Waals surface area contributed by atoms with Crippen molar-refractivity contribution in [2.24, 2.45) is 0 Å². The van der Waals surface area contributed by atoms with Gasteiger partial charge in [-0.25, -0.2) is 9.97 Å². The maximum atomic E-state index is 6.12. The Hall–Kier alpha value is -1.37. The van der Waals surface area contributed by atoms with Gasteiger partial charge in [0.15, 0.2) is 0 Å². The highest BCUT2D eigenvalue weighted by Crippen LogP contribution is 2.25. The molecule has 1 aromatic heterocycles. The van der Waals surface area contributed by atoms with E-state index in [9.17, 15) is 0 Å². The zero-order valence-electron chi connectivity index (χ0n) is 12.0. The molecule has 0 bridgehead atoms. The SMILES string of the molecule is Cc1ccnc(N2CCC(Oc3ccccc3I)CC2)n1. The van der Waals surface area contributed by atoms with Crippen molar-refractivity contribution in [3.8, 4) is 5.75 Å². The predicted octanol–water partition coefficient (Wildman–Crippen LogP) is 3.44. The standard InChI is InChI=1S/C16H18IN3O/c1-12-6-9-18-16(19-12)20-10-7-13(8-11-20)21-15-5-3-2-4-14(15)17/h2-6,9,13H,7-8,10-11H2,1H3. The maximum absolute atomic E-state index is 6.12. The van der Waals surface area contributed by atoms with Crippen LogP contribution in [0.15, 0.2) is 36.5 Å². The van der Waals surface area contributed by atoms with Crippen LogP contribution in [-0.2, 0) is 0 Å². The zero-order chi connectivity index (χ0) is 14.7. The molecule has 21 heavy (non-hydrogen) atoms. The van der Waals surface area contributed by atoms with E-state index in [1.54, 1.807) is 0 Å². The summed E-state index contributed by atoms with van der Waals surface area (Å²) in [6, 6.07) is 10.1. The minimum absolute atomic E-state index is 0.280. The smallest absolute Gasteiger partial charge is 0.225 e. The van der Waals surface area contributed by atoms with Gasteiger partial charge in [0.1, 0.15) is 11.9 Å². The van der Waals surface area contributed by atoms with Crippen molar-refractivity contribution >= 4 is 28.5 Å². The molecule has 0 aliphatic carbocycles. The third-order valence-corrected chi connectivity index (χ3v) is 4.53. The van der Waals surface area contributed by atoms with Gasteiger partial charge in [-0.3, -0.25) is 0 Å². The van der Waals surface area contributed by atoms with E-state index >= 15 is 0 Å². The van der Waals surface area contributed by atoms with Gasteiger partial charge in [-0.15, -0.1) is 0 Å². The quantitative estimate of drug-likeness (QED) is 0.747. The molecule has 1 saturated heterocycles. The molecule has 2 heterocycles. The van der Waals surface area contributed by atoms with Crippen LogP contribution in [0.1, 0.15) is 18.5 Å². The van der Waals surface area contributed by atoms with Crippen molar-refractivity contribution in [2.45, 2.75) is 25.9 Å². The van der Waals surface area contributed by atoms with Gasteiger partial charge in [0.25, 0.3) is 0 Å². The molecule has 0 amide bonds. The minimum Gasteiger partial charge on any atom is -0.489 e. The molecule has 1 aromatic carbocycles. The van der Waals surface area contributed by atoms with Crippen LogP contribution in [0.5, 0.6) is 5.75 Å². The molecule has 1 fully saturated rings. The number of aromatic nitrogens is 2. The van der Waals surface area contributed by atoms with Crippen LogP contribution in [0.2, 0.25) is 0 Å². The molecule has 110 valence electrons. The number of hydrogen-bond acceptors (Lipinski definition) is 4. The molecule has 1 aliphatic heterocycles. The molecule has 3 rings (SSSR count). The molecule has 4 nitrogen and oxygen atoms in total. The molecule has 0 spiro atoms. The number of hydrogen-bond donors (Lipinski definition) is 0. The molecule has 5 heteroatoms. The van der Waals surface area contributed by atoms with Crippen molar-refractivity contribution in [3.63, 3.8) is 0 Å². The number of nitrogens with zero attached hydrogens (tertiary/aromatic N) is 3. The van der Waals surface area contributed by atoms with E-state index in [0.29, 0.717) is 0 Å². The average Bonchev–Trinajstić information content (AvgIpc) is 2.50. The molecular formula is C16H18IN3O. The topological polar surface area (TPSA) is 38.2 Å². The van der Waals surface area contributed by atoms with Crippen molar-refractivity contribution < 1.29 is 4.74 Å². The number of ether oxygens (including phenoxy) is 1. The first-order chi connectivity index (χ1) is 10.2. The molecule has 0 atom stereocenters. The Labute approximate surface area is 138 Å². The Bertz CT molecular complexity index is 612. The highest BCUT2D eigenvalue weighted by Gasteiger charge is 2.22.